The van der Waals surface area contributed by atoms with Crippen molar-refractivity contribution in [2.24, 2.45) is 17.4 Å². The van der Waals surface area contributed by atoms with Crippen LogP contribution in [-0.2, 0) is 16.1 Å². The molecule has 6 nitrogen and oxygen atoms in total. The number of likely N-dealkylation sites (tertiary alicyclic amines) is 1. The first-order valence-electron chi connectivity index (χ1n) is 9.69. The SMILES string of the molecule is CC(C(=O)Nc1cccc(CN2CCCC2C(N)=O)c1)C(N)c1ccccc1.Cl.Cl. The van der Waals surface area contributed by atoms with E-state index in [0.29, 0.717) is 6.54 Å². The Bertz CT molecular complexity index is 835. The van der Waals surface area contributed by atoms with Gasteiger partial charge in [-0.25, -0.2) is 0 Å². The van der Waals surface area contributed by atoms with Crippen molar-refractivity contribution in [1.82, 2.24) is 4.90 Å². The van der Waals surface area contributed by atoms with Crippen LogP contribution in [0, 0.1) is 5.92 Å². The lowest BCUT2D eigenvalue weighted by Crippen LogP contribution is -2.39. The van der Waals surface area contributed by atoms with E-state index in [0.717, 1.165) is 36.2 Å². The van der Waals surface area contributed by atoms with Crippen LogP contribution in [0.5, 0.6) is 0 Å². The molecule has 8 heteroatoms. The Labute approximate surface area is 190 Å². The number of benzene rings is 2. The molecule has 1 aliphatic rings. The minimum atomic E-state index is -0.371. The topological polar surface area (TPSA) is 101 Å². The molecule has 1 fully saturated rings. The van der Waals surface area contributed by atoms with E-state index < -0.39 is 0 Å². The predicted octanol–water partition coefficient (Wildman–Crippen LogP) is 3.25. The van der Waals surface area contributed by atoms with Crippen LogP contribution in [-0.4, -0.2) is 29.3 Å². The van der Waals surface area contributed by atoms with E-state index in [2.05, 4.69) is 10.2 Å². The van der Waals surface area contributed by atoms with Crippen molar-refractivity contribution < 1.29 is 9.59 Å². The molecule has 2 aromatic rings. The molecule has 0 saturated carbocycles. The monoisotopic (exact) mass is 452 g/mol. The van der Waals surface area contributed by atoms with Gasteiger partial charge in [0.05, 0.1) is 12.0 Å². The Morgan fingerprint density at radius 3 is 2.50 bits per heavy atom. The molecule has 1 heterocycles. The molecule has 0 radical (unpaired) electrons. The van der Waals surface area contributed by atoms with E-state index in [1.54, 1.807) is 0 Å². The highest BCUT2D eigenvalue weighted by atomic mass is 35.5. The third-order valence-corrected chi connectivity index (χ3v) is 5.41. The van der Waals surface area contributed by atoms with E-state index in [1.807, 2.05) is 61.5 Å². The maximum absolute atomic E-state index is 12.7. The Morgan fingerprint density at radius 2 is 1.83 bits per heavy atom. The van der Waals surface area contributed by atoms with Crippen LogP contribution in [0.15, 0.2) is 54.6 Å². The summed E-state index contributed by atoms with van der Waals surface area (Å²) in [4.78, 5) is 26.3. The number of hydrogen-bond donors (Lipinski definition) is 3. The second-order valence-electron chi connectivity index (χ2n) is 7.45. The van der Waals surface area contributed by atoms with Gasteiger partial charge in [0.1, 0.15) is 0 Å². The van der Waals surface area contributed by atoms with Crippen LogP contribution in [0.4, 0.5) is 5.69 Å². The third kappa shape index (κ3) is 6.44. The molecular weight excluding hydrogens is 423 g/mol. The van der Waals surface area contributed by atoms with Crippen molar-refractivity contribution in [3.8, 4) is 0 Å². The zero-order chi connectivity index (χ0) is 20.1. The summed E-state index contributed by atoms with van der Waals surface area (Å²) in [5.74, 6) is -0.765. The second kappa shape index (κ2) is 11.9. The molecule has 3 atom stereocenters. The van der Waals surface area contributed by atoms with Crippen LogP contribution in [0.3, 0.4) is 0 Å². The van der Waals surface area contributed by atoms with E-state index in [1.165, 1.54) is 0 Å². The highest BCUT2D eigenvalue weighted by Crippen LogP contribution is 2.23. The van der Waals surface area contributed by atoms with Gasteiger partial charge in [-0.2, -0.15) is 0 Å². The lowest BCUT2D eigenvalue weighted by atomic mass is 9.94. The van der Waals surface area contributed by atoms with Gasteiger partial charge in [-0.1, -0.05) is 49.4 Å². The minimum Gasteiger partial charge on any atom is -0.368 e. The Hall–Kier alpha value is -2.12. The van der Waals surface area contributed by atoms with Gasteiger partial charge >= 0.3 is 0 Å². The van der Waals surface area contributed by atoms with Crippen molar-refractivity contribution in [1.29, 1.82) is 0 Å². The Kier molecular flexibility index (Phi) is 10.3. The number of nitrogens with two attached hydrogens (primary N) is 2. The number of primary amides is 1. The molecule has 3 unspecified atom stereocenters. The number of rotatable bonds is 7. The van der Waals surface area contributed by atoms with Crippen LogP contribution >= 0.6 is 24.8 Å². The molecule has 5 N–H and O–H groups in total. The van der Waals surface area contributed by atoms with Crippen molar-refractivity contribution in [3.05, 3.63) is 65.7 Å². The molecule has 0 bridgehead atoms. The summed E-state index contributed by atoms with van der Waals surface area (Å²) in [6, 6.07) is 16.7. The number of carbonyl (C=O) groups is 2. The highest BCUT2D eigenvalue weighted by molar-refractivity contribution is 5.93. The number of anilines is 1. The Morgan fingerprint density at radius 1 is 1.13 bits per heavy atom. The number of nitrogens with one attached hydrogen (secondary N) is 1. The quantitative estimate of drug-likeness (QED) is 0.599. The van der Waals surface area contributed by atoms with Gasteiger partial charge in [0.15, 0.2) is 0 Å². The predicted molar refractivity (Wildman–Crippen MR) is 125 cm³/mol. The standard InChI is InChI=1S/C22H28N4O2.2ClH/c1-15(20(23)17-8-3-2-4-9-17)22(28)25-18-10-5-7-16(13-18)14-26-12-6-11-19(26)21(24)27;;/h2-5,7-10,13,15,19-20H,6,11-12,14,23H2,1H3,(H2,24,27)(H,25,28);2*1H. The summed E-state index contributed by atoms with van der Waals surface area (Å²) in [7, 11) is 0. The number of amides is 2. The normalized spacial score (nSPS) is 17.9. The van der Waals surface area contributed by atoms with Gasteiger partial charge in [-0.05, 0) is 42.6 Å². The fourth-order valence-electron chi connectivity index (χ4n) is 3.70. The van der Waals surface area contributed by atoms with Gasteiger partial charge in [0.25, 0.3) is 0 Å². The van der Waals surface area contributed by atoms with Crippen molar-refractivity contribution in [3.63, 3.8) is 0 Å². The smallest absolute Gasteiger partial charge is 0.234 e. The largest absolute Gasteiger partial charge is 0.368 e. The summed E-state index contributed by atoms with van der Waals surface area (Å²) in [6.07, 6.45) is 1.78. The summed E-state index contributed by atoms with van der Waals surface area (Å²) < 4.78 is 0. The summed E-state index contributed by atoms with van der Waals surface area (Å²) in [6.45, 7) is 3.32. The van der Waals surface area contributed by atoms with Gasteiger partial charge in [0.2, 0.25) is 11.8 Å². The summed E-state index contributed by atoms with van der Waals surface area (Å²) in [5.41, 5.74) is 14.5. The zero-order valence-corrected chi connectivity index (χ0v) is 18.6. The van der Waals surface area contributed by atoms with Gasteiger partial charge < -0.3 is 16.8 Å². The molecule has 2 amide bonds. The Balaban J connectivity index is 0.00000225. The molecule has 2 aromatic carbocycles. The fraction of sp³-hybridized carbons (Fsp3) is 0.364. The second-order valence-corrected chi connectivity index (χ2v) is 7.45. The molecule has 0 aromatic heterocycles. The number of nitrogens with zero attached hydrogens (tertiary/aromatic N) is 1. The number of hydrogen-bond acceptors (Lipinski definition) is 4. The lowest BCUT2D eigenvalue weighted by Gasteiger charge is -2.22. The lowest BCUT2D eigenvalue weighted by molar-refractivity contribution is -0.122. The van der Waals surface area contributed by atoms with Crippen LogP contribution in [0.1, 0.15) is 36.9 Å². The van der Waals surface area contributed by atoms with Gasteiger partial charge in [-0.3, -0.25) is 14.5 Å². The van der Waals surface area contributed by atoms with E-state index in [9.17, 15) is 9.59 Å². The van der Waals surface area contributed by atoms with Crippen molar-refractivity contribution in [2.75, 3.05) is 11.9 Å². The van der Waals surface area contributed by atoms with Crippen LogP contribution < -0.4 is 16.8 Å². The average Bonchev–Trinajstić information content (AvgIpc) is 3.16. The van der Waals surface area contributed by atoms with E-state index in [-0.39, 0.29) is 54.6 Å². The maximum atomic E-state index is 12.7. The highest BCUT2D eigenvalue weighted by Gasteiger charge is 2.29. The van der Waals surface area contributed by atoms with E-state index in [4.69, 9.17) is 11.5 Å². The van der Waals surface area contributed by atoms with Crippen molar-refractivity contribution >= 4 is 42.3 Å². The van der Waals surface area contributed by atoms with Gasteiger partial charge in [0, 0.05) is 18.3 Å². The molecule has 1 aliphatic heterocycles. The number of halogens is 2. The minimum absolute atomic E-state index is 0. The molecular formula is C22H30Cl2N4O2. The van der Waals surface area contributed by atoms with Crippen molar-refractivity contribution in [2.45, 2.75) is 38.4 Å². The number of carbonyl (C=O) groups excluding carboxylic acids is 2. The summed E-state index contributed by atoms with van der Waals surface area (Å²) in [5, 5.41) is 2.96. The van der Waals surface area contributed by atoms with Crippen LogP contribution in [0.2, 0.25) is 0 Å². The summed E-state index contributed by atoms with van der Waals surface area (Å²) >= 11 is 0. The molecule has 0 spiro atoms. The first-order chi connectivity index (χ1) is 13.5. The first kappa shape index (κ1) is 25.9. The zero-order valence-electron chi connectivity index (χ0n) is 17.0. The van der Waals surface area contributed by atoms with Crippen LogP contribution in [0.25, 0.3) is 0 Å². The molecule has 164 valence electrons. The van der Waals surface area contributed by atoms with Gasteiger partial charge in [-0.15, -0.1) is 24.8 Å². The molecule has 3 rings (SSSR count). The van der Waals surface area contributed by atoms with E-state index >= 15 is 0 Å². The average molecular weight is 453 g/mol. The first-order valence-corrected chi connectivity index (χ1v) is 9.69. The molecule has 1 saturated heterocycles. The molecule has 0 aliphatic carbocycles. The fourth-order valence-corrected chi connectivity index (χ4v) is 3.70. The molecule has 30 heavy (non-hydrogen) atoms. The third-order valence-electron chi connectivity index (χ3n) is 5.41. The maximum Gasteiger partial charge on any atom is 0.234 e.